The second-order valence-electron chi connectivity index (χ2n) is 4.51. The number of benzene rings is 2. The molecule has 2 aromatic carbocycles. The number of hydrogen-bond acceptors (Lipinski definition) is 4. The Hall–Kier alpha value is -1.56. The van der Waals surface area contributed by atoms with Gasteiger partial charge in [-0.2, -0.15) is 0 Å². The van der Waals surface area contributed by atoms with Crippen molar-refractivity contribution in [3.8, 4) is 5.75 Å². The molecule has 0 saturated carbocycles. The average molecular weight is 306 g/mol. The van der Waals surface area contributed by atoms with E-state index in [9.17, 15) is 4.39 Å². The second-order valence-corrected chi connectivity index (χ2v) is 5.62. The Morgan fingerprint density at radius 1 is 1.14 bits per heavy atom. The molecule has 3 nitrogen and oxygen atoms in total. The lowest BCUT2D eigenvalue weighted by Crippen LogP contribution is -2.03. The summed E-state index contributed by atoms with van der Waals surface area (Å²) in [6.45, 7) is 0.977. The maximum absolute atomic E-state index is 14.2. The van der Waals surface area contributed by atoms with Crippen LogP contribution in [0.1, 0.15) is 11.9 Å². The second kappa shape index (κ2) is 6.47. The van der Waals surface area contributed by atoms with Gasteiger partial charge in [-0.15, -0.1) is 0 Å². The lowest BCUT2D eigenvalue weighted by Gasteiger charge is -2.15. The van der Waals surface area contributed by atoms with E-state index >= 15 is 0 Å². The van der Waals surface area contributed by atoms with Crippen LogP contribution in [0, 0.1) is 5.82 Å². The third-order valence-corrected chi connectivity index (χ3v) is 4.20. The van der Waals surface area contributed by atoms with Gasteiger partial charge in [0.15, 0.2) is 6.29 Å². The van der Waals surface area contributed by atoms with Gasteiger partial charge in [0.05, 0.1) is 25.9 Å². The highest BCUT2D eigenvalue weighted by Crippen LogP contribution is 2.38. The van der Waals surface area contributed by atoms with Crippen LogP contribution in [0.25, 0.3) is 0 Å². The van der Waals surface area contributed by atoms with Crippen molar-refractivity contribution in [1.29, 1.82) is 0 Å². The molecule has 5 heteroatoms. The van der Waals surface area contributed by atoms with Crippen LogP contribution >= 0.6 is 11.8 Å². The topological polar surface area (TPSA) is 27.7 Å². The van der Waals surface area contributed by atoms with Crippen LogP contribution in [-0.4, -0.2) is 20.3 Å². The quantitative estimate of drug-likeness (QED) is 0.852. The van der Waals surface area contributed by atoms with Crippen molar-refractivity contribution >= 4 is 11.8 Å². The van der Waals surface area contributed by atoms with E-state index in [4.69, 9.17) is 14.2 Å². The fourth-order valence-corrected chi connectivity index (χ4v) is 3.18. The largest absolute Gasteiger partial charge is 0.497 e. The fourth-order valence-electron chi connectivity index (χ4n) is 2.15. The molecule has 1 saturated heterocycles. The Balaban J connectivity index is 1.92. The van der Waals surface area contributed by atoms with Crippen molar-refractivity contribution < 1.29 is 18.6 Å². The van der Waals surface area contributed by atoms with Crippen LogP contribution in [0.3, 0.4) is 0 Å². The molecule has 0 aromatic heterocycles. The first-order chi connectivity index (χ1) is 10.3. The number of hydrogen-bond donors (Lipinski definition) is 0. The molecule has 110 valence electrons. The van der Waals surface area contributed by atoms with Crippen LogP contribution in [0.5, 0.6) is 5.75 Å². The highest BCUT2D eigenvalue weighted by Gasteiger charge is 2.25. The fraction of sp³-hybridized carbons (Fsp3) is 0.250. The van der Waals surface area contributed by atoms with Gasteiger partial charge in [0, 0.05) is 9.79 Å². The standard InChI is InChI=1S/C16H15FO3S/c1-18-11-4-2-5-12(10-11)21-14-7-3-6-13(17)15(14)16-19-8-9-20-16/h2-7,10,16H,8-9H2,1H3. The molecule has 0 aliphatic carbocycles. The average Bonchev–Trinajstić information content (AvgIpc) is 3.01. The van der Waals surface area contributed by atoms with Gasteiger partial charge in [0.1, 0.15) is 11.6 Å². The van der Waals surface area contributed by atoms with Crippen molar-refractivity contribution in [2.45, 2.75) is 16.1 Å². The van der Waals surface area contributed by atoms with Crippen molar-refractivity contribution in [2.24, 2.45) is 0 Å². The molecule has 3 rings (SSSR count). The van der Waals surface area contributed by atoms with Crippen molar-refractivity contribution in [1.82, 2.24) is 0 Å². The molecular formula is C16H15FO3S. The maximum atomic E-state index is 14.2. The summed E-state index contributed by atoms with van der Waals surface area (Å²) in [5, 5.41) is 0. The third kappa shape index (κ3) is 3.20. The first-order valence-corrected chi connectivity index (χ1v) is 7.43. The number of rotatable bonds is 4. The zero-order valence-corrected chi connectivity index (χ0v) is 12.4. The van der Waals surface area contributed by atoms with Gasteiger partial charge in [-0.1, -0.05) is 23.9 Å². The summed E-state index contributed by atoms with van der Waals surface area (Å²) in [4.78, 5) is 1.76. The van der Waals surface area contributed by atoms with E-state index in [1.807, 2.05) is 30.3 Å². The smallest absolute Gasteiger partial charge is 0.187 e. The minimum absolute atomic E-state index is 0.310. The molecule has 0 radical (unpaired) electrons. The number of ether oxygens (including phenoxy) is 3. The summed E-state index contributed by atoms with van der Waals surface area (Å²) < 4.78 is 30.2. The van der Waals surface area contributed by atoms with E-state index in [-0.39, 0.29) is 5.82 Å². The van der Waals surface area contributed by atoms with Gasteiger partial charge in [-0.05, 0) is 30.3 Å². The SMILES string of the molecule is COc1cccc(Sc2cccc(F)c2C2OCCO2)c1. The van der Waals surface area contributed by atoms with E-state index < -0.39 is 6.29 Å². The normalized spacial score (nSPS) is 15.3. The van der Waals surface area contributed by atoms with E-state index in [1.165, 1.54) is 17.8 Å². The minimum Gasteiger partial charge on any atom is -0.497 e. The molecule has 21 heavy (non-hydrogen) atoms. The molecule has 1 aliphatic rings. The van der Waals surface area contributed by atoms with Crippen molar-refractivity contribution in [2.75, 3.05) is 20.3 Å². The summed E-state index contributed by atoms with van der Waals surface area (Å²) in [6, 6.07) is 12.6. The lowest BCUT2D eigenvalue weighted by molar-refractivity contribution is -0.0484. The summed E-state index contributed by atoms with van der Waals surface area (Å²) in [7, 11) is 1.62. The predicted molar refractivity (Wildman–Crippen MR) is 78.2 cm³/mol. The Bertz CT molecular complexity index is 627. The van der Waals surface area contributed by atoms with Crippen LogP contribution in [0.4, 0.5) is 4.39 Å². The molecule has 0 N–H and O–H groups in total. The first-order valence-electron chi connectivity index (χ1n) is 6.61. The highest BCUT2D eigenvalue weighted by molar-refractivity contribution is 7.99. The highest BCUT2D eigenvalue weighted by atomic mass is 32.2. The summed E-state index contributed by atoms with van der Waals surface area (Å²) in [5.41, 5.74) is 0.461. The molecule has 1 fully saturated rings. The molecular weight excluding hydrogens is 291 g/mol. The maximum Gasteiger partial charge on any atom is 0.187 e. The van der Waals surface area contributed by atoms with Gasteiger partial charge in [0.2, 0.25) is 0 Å². The monoisotopic (exact) mass is 306 g/mol. The zero-order chi connectivity index (χ0) is 14.7. The van der Waals surface area contributed by atoms with Gasteiger partial charge in [0.25, 0.3) is 0 Å². The predicted octanol–water partition coefficient (Wildman–Crippen LogP) is 4.03. The Kier molecular flexibility index (Phi) is 4.43. The Morgan fingerprint density at radius 3 is 2.67 bits per heavy atom. The summed E-state index contributed by atoms with van der Waals surface area (Å²) >= 11 is 1.46. The van der Waals surface area contributed by atoms with Gasteiger partial charge in [-0.25, -0.2) is 4.39 Å². The van der Waals surface area contributed by atoms with Crippen LogP contribution < -0.4 is 4.74 Å². The van der Waals surface area contributed by atoms with Gasteiger partial charge in [-0.3, -0.25) is 0 Å². The first kappa shape index (κ1) is 14.4. The van der Waals surface area contributed by atoms with Crippen LogP contribution in [0.2, 0.25) is 0 Å². The molecule has 0 amide bonds. The number of methoxy groups -OCH3 is 1. The van der Waals surface area contributed by atoms with E-state index in [0.717, 1.165) is 15.5 Å². The van der Waals surface area contributed by atoms with Crippen molar-refractivity contribution in [3.63, 3.8) is 0 Å². The van der Waals surface area contributed by atoms with Crippen LogP contribution in [0.15, 0.2) is 52.3 Å². The summed E-state index contributed by atoms with van der Waals surface area (Å²) in [6.07, 6.45) is -0.626. The Morgan fingerprint density at radius 2 is 1.90 bits per heavy atom. The molecule has 0 unspecified atom stereocenters. The van der Waals surface area contributed by atoms with E-state index in [2.05, 4.69) is 0 Å². The minimum atomic E-state index is -0.626. The van der Waals surface area contributed by atoms with E-state index in [0.29, 0.717) is 18.8 Å². The van der Waals surface area contributed by atoms with Gasteiger partial charge < -0.3 is 14.2 Å². The Labute approximate surface area is 127 Å². The molecule has 2 aromatic rings. The molecule has 1 aliphatic heterocycles. The lowest BCUT2D eigenvalue weighted by atomic mass is 10.2. The number of halogens is 1. The zero-order valence-electron chi connectivity index (χ0n) is 11.5. The summed E-state index contributed by atoms with van der Waals surface area (Å²) in [5.74, 6) is 0.459. The molecule has 0 bridgehead atoms. The molecule has 0 spiro atoms. The van der Waals surface area contributed by atoms with Crippen molar-refractivity contribution in [3.05, 3.63) is 53.8 Å². The third-order valence-electron chi connectivity index (χ3n) is 3.14. The van der Waals surface area contributed by atoms with Crippen LogP contribution in [-0.2, 0) is 9.47 Å². The molecule has 1 heterocycles. The van der Waals surface area contributed by atoms with E-state index in [1.54, 1.807) is 13.2 Å². The van der Waals surface area contributed by atoms with Gasteiger partial charge >= 0.3 is 0 Å². The molecule has 0 atom stereocenters.